The number of hydrogen-bond acceptors (Lipinski definition) is 7. The topological polar surface area (TPSA) is 89.8 Å². The van der Waals surface area contributed by atoms with Crippen LogP contribution in [-0.2, 0) is 19.1 Å². The van der Waals surface area contributed by atoms with E-state index in [0.717, 1.165) is 35.6 Å². The summed E-state index contributed by atoms with van der Waals surface area (Å²) in [5.74, 6) is 0.452. The number of benzene rings is 2. The van der Waals surface area contributed by atoms with Crippen molar-refractivity contribution < 1.29 is 31.1 Å². The van der Waals surface area contributed by atoms with E-state index in [9.17, 15) is 26.3 Å². The summed E-state index contributed by atoms with van der Waals surface area (Å²) < 4.78 is 83.7. The van der Waals surface area contributed by atoms with Crippen LogP contribution in [0.5, 0.6) is 6.01 Å². The second kappa shape index (κ2) is 10.9. The van der Waals surface area contributed by atoms with Crippen molar-refractivity contribution in [3.63, 3.8) is 0 Å². The van der Waals surface area contributed by atoms with Gasteiger partial charge in [-0.2, -0.15) is 41.3 Å². The molecule has 0 radical (unpaired) electrons. The van der Waals surface area contributed by atoms with Crippen LogP contribution in [0.3, 0.4) is 0 Å². The van der Waals surface area contributed by atoms with Gasteiger partial charge >= 0.3 is 18.4 Å². The Labute approximate surface area is 212 Å². The molecule has 0 aliphatic rings. The molecule has 0 atom stereocenters. The molecule has 0 amide bonds. The Hall–Kier alpha value is -4.36. The fraction of sp³-hybridized carbons (Fsp3) is 0.250. The van der Waals surface area contributed by atoms with E-state index in [1.165, 1.54) is 12.1 Å². The third-order valence-electron chi connectivity index (χ3n) is 5.12. The Morgan fingerprint density at radius 2 is 1.66 bits per heavy atom. The Kier molecular flexibility index (Phi) is 7.69. The molecule has 0 spiro atoms. The zero-order valence-corrected chi connectivity index (χ0v) is 19.8. The summed E-state index contributed by atoms with van der Waals surface area (Å²) in [7, 11) is 0. The molecule has 200 valence electrons. The van der Waals surface area contributed by atoms with Gasteiger partial charge in [-0.05, 0) is 35.9 Å². The number of aromatic nitrogens is 5. The Morgan fingerprint density at radius 1 is 0.921 bits per heavy atom. The summed E-state index contributed by atoms with van der Waals surface area (Å²) in [6, 6.07) is 11.0. The number of halogens is 6. The molecule has 0 aliphatic heterocycles. The number of alkyl halides is 6. The van der Waals surface area contributed by atoms with E-state index in [1.54, 1.807) is 6.20 Å². The number of hydrogen-bond donors (Lipinski definition) is 2. The lowest BCUT2D eigenvalue weighted by Gasteiger charge is -2.13. The van der Waals surface area contributed by atoms with Crippen molar-refractivity contribution in [2.75, 3.05) is 17.2 Å². The Morgan fingerprint density at radius 3 is 2.34 bits per heavy atom. The van der Waals surface area contributed by atoms with Crippen molar-refractivity contribution in [2.24, 2.45) is 0 Å². The number of rotatable bonds is 9. The molecule has 2 heterocycles. The quantitative estimate of drug-likeness (QED) is 0.256. The van der Waals surface area contributed by atoms with Gasteiger partial charge in [-0.25, -0.2) is 4.98 Å². The van der Waals surface area contributed by atoms with Crippen molar-refractivity contribution in [1.29, 1.82) is 0 Å². The van der Waals surface area contributed by atoms with Crippen LogP contribution in [0.15, 0.2) is 60.9 Å². The molecule has 0 aliphatic carbocycles. The summed E-state index contributed by atoms with van der Waals surface area (Å²) in [5, 5.41) is 5.43. The highest BCUT2D eigenvalue weighted by Gasteiger charge is 2.31. The lowest BCUT2D eigenvalue weighted by molar-refractivity contribution is -0.154. The maximum Gasteiger partial charge on any atom is 0.422 e. The normalized spacial score (nSPS) is 11.9. The SMILES string of the molecule is CCc1nccn1-c1ccc(CNc2nc(Nc3cccc(C(F)(F)F)c3)nc(OCC(F)(F)F)n2)cc1. The highest BCUT2D eigenvalue weighted by Crippen LogP contribution is 2.31. The van der Waals surface area contributed by atoms with E-state index in [2.05, 4.69) is 35.3 Å². The van der Waals surface area contributed by atoms with Gasteiger partial charge in [-0.15, -0.1) is 0 Å². The molecule has 2 aromatic heterocycles. The predicted octanol–water partition coefficient (Wildman–Crippen LogP) is 5.94. The molecule has 0 bridgehead atoms. The van der Waals surface area contributed by atoms with Crippen molar-refractivity contribution >= 4 is 17.6 Å². The number of aryl methyl sites for hydroxylation is 1. The second-order valence-electron chi connectivity index (χ2n) is 7.96. The maximum atomic E-state index is 13.0. The van der Waals surface area contributed by atoms with Gasteiger partial charge in [0.15, 0.2) is 6.61 Å². The molecule has 0 unspecified atom stereocenters. The molecular weight excluding hydrogens is 516 g/mol. The first-order valence-corrected chi connectivity index (χ1v) is 11.3. The second-order valence-corrected chi connectivity index (χ2v) is 7.96. The summed E-state index contributed by atoms with van der Waals surface area (Å²) >= 11 is 0. The van der Waals surface area contributed by atoms with Gasteiger partial charge in [0, 0.05) is 36.7 Å². The molecule has 0 saturated heterocycles. The molecule has 4 aromatic rings. The molecule has 8 nitrogen and oxygen atoms in total. The van der Waals surface area contributed by atoms with Crippen LogP contribution < -0.4 is 15.4 Å². The monoisotopic (exact) mass is 537 g/mol. The highest BCUT2D eigenvalue weighted by atomic mass is 19.4. The summed E-state index contributed by atoms with van der Waals surface area (Å²) in [6.45, 7) is 0.528. The molecule has 2 N–H and O–H groups in total. The number of nitrogens with zero attached hydrogens (tertiary/aromatic N) is 5. The van der Waals surface area contributed by atoms with Gasteiger partial charge in [-0.3, -0.25) is 0 Å². The summed E-state index contributed by atoms with van der Waals surface area (Å²) in [6.07, 6.45) is -4.93. The van der Waals surface area contributed by atoms with E-state index in [-0.39, 0.29) is 24.1 Å². The van der Waals surface area contributed by atoms with Crippen molar-refractivity contribution in [1.82, 2.24) is 24.5 Å². The van der Waals surface area contributed by atoms with Crippen molar-refractivity contribution in [3.05, 3.63) is 77.9 Å². The minimum Gasteiger partial charge on any atom is -0.454 e. The van der Waals surface area contributed by atoms with E-state index in [4.69, 9.17) is 0 Å². The zero-order chi connectivity index (χ0) is 27.3. The van der Waals surface area contributed by atoms with Crippen LogP contribution in [0.2, 0.25) is 0 Å². The average Bonchev–Trinajstić information content (AvgIpc) is 3.35. The largest absolute Gasteiger partial charge is 0.454 e. The third-order valence-corrected chi connectivity index (χ3v) is 5.12. The third kappa shape index (κ3) is 7.11. The average molecular weight is 537 g/mol. The van der Waals surface area contributed by atoms with Gasteiger partial charge < -0.3 is 19.9 Å². The number of ether oxygens (including phenoxy) is 1. The molecular formula is C24H21F6N7O. The molecule has 4 rings (SSSR count). The fourth-order valence-corrected chi connectivity index (χ4v) is 3.39. The highest BCUT2D eigenvalue weighted by molar-refractivity contribution is 5.56. The van der Waals surface area contributed by atoms with E-state index >= 15 is 0 Å². The minimum absolute atomic E-state index is 0.0275. The van der Waals surface area contributed by atoms with Gasteiger partial charge in [0.2, 0.25) is 11.9 Å². The number of nitrogens with one attached hydrogen (secondary N) is 2. The first-order chi connectivity index (χ1) is 18.0. The van der Waals surface area contributed by atoms with Crippen LogP contribution in [0.1, 0.15) is 23.9 Å². The van der Waals surface area contributed by atoms with E-state index in [1.807, 2.05) is 42.0 Å². The van der Waals surface area contributed by atoms with E-state index in [0.29, 0.717) is 0 Å². The Bertz CT molecular complexity index is 1370. The molecule has 2 aromatic carbocycles. The Balaban J connectivity index is 1.52. The smallest absolute Gasteiger partial charge is 0.422 e. The minimum atomic E-state index is -4.65. The van der Waals surface area contributed by atoms with Crippen LogP contribution in [0, 0.1) is 0 Å². The predicted molar refractivity (Wildman–Crippen MR) is 126 cm³/mol. The van der Waals surface area contributed by atoms with Gasteiger partial charge in [0.1, 0.15) is 5.82 Å². The molecule has 38 heavy (non-hydrogen) atoms. The first kappa shape index (κ1) is 26.7. The fourth-order valence-electron chi connectivity index (χ4n) is 3.39. The lowest BCUT2D eigenvalue weighted by atomic mass is 10.2. The molecule has 0 fully saturated rings. The van der Waals surface area contributed by atoms with Crippen LogP contribution in [0.4, 0.5) is 43.9 Å². The maximum absolute atomic E-state index is 13.0. The summed E-state index contributed by atoms with van der Waals surface area (Å²) in [5.41, 5.74) is 0.755. The van der Waals surface area contributed by atoms with E-state index < -0.39 is 30.5 Å². The van der Waals surface area contributed by atoms with Gasteiger partial charge in [-0.1, -0.05) is 25.1 Å². The molecule has 0 saturated carbocycles. The molecule has 14 heteroatoms. The van der Waals surface area contributed by atoms with Crippen molar-refractivity contribution in [3.8, 4) is 11.7 Å². The van der Waals surface area contributed by atoms with Gasteiger partial charge in [0.25, 0.3) is 0 Å². The van der Waals surface area contributed by atoms with Crippen LogP contribution in [0.25, 0.3) is 5.69 Å². The first-order valence-electron chi connectivity index (χ1n) is 11.3. The standard InChI is InChI=1S/C24H21F6N7O/c1-2-19-31-10-11-37(19)18-8-6-15(7-9-18)13-32-20-34-21(36-22(35-20)38-14-23(25,26)27)33-17-5-3-4-16(12-17)24(28,29)30/h3-12H,2,13-14H2,1H3,(H2,32,33,34,35,36). The van der Waals surface area contributed by atoms with Gasteiger partial charge in [0.05, 0.1) is 5.56 Å². The van der Waals surface area contributed by atoms with Crippen LogP contribution in [-0.4, -0.2) is 37.3 Å². The lowest BCUT2D eigenvalue weighted by Crippen LogP contribution is -2.21. The number of anilines is 3. The number of imidazole rings is 1. The summed E-state index contributed by atoms with van der Waals surface area (Å²) in [4.78, 5) is 15.9. The van der Waals surface area contributed by atoms with Crippen molar-refractivity contribution in [2.45, 2.75) is 32.2 Å². The van der Waals surface area contributed by atoms with Crippen LogP contribution >= 0.6 is 0 Å². The zero-order valence-electron chi connectivity index (χ0n) is 19.8.